The van der Waals surface area contributed by atoms with Crippen LogP contribution in [0.2, 0.25) is 0 Å². The number of imidazole rings is 1. The van der Waals surface area contributed by atoms with Crippen molar-refractivity contribution in [3.63, 3.8) is 0 Å². The number of aryl methyl sites for hydroxylation is 2. The van der Waals surface area contributed by atoms with E-state index in [9.17, 15) is 4.79 Å². The Kier molecular flexibility index (Phi) is 3.68. The summed E-state index contributed by atoms with van der Waals surface area (Å²) < 4.78 is 2.14. The van der Waals surface area contributed by atoms with Crippen molar-refractivity contribution in [1.82, 2.24) is 20.0 Å². The zero-order valence-corrected chi connectivity index (χ0v) is 11.9. The van der Waals surface area contributed by atoms with Gasteiger partial charge < -0.3 is 10.6 Å². The first-order valence-electron chi connectivity index (χ1n) is 5.91. The van der Waals surface area contributed by atoms with Crippen LogP contribution in [-0.2, 0) is 11.3 Å². The summed E-state index contributed by atoms with van der Waals surface area (Å²) >= 11 is 1.64. The molecule has 2 aromatic heterocycles. The second-order valence-corrected chi connectivity index (χ2v) is 5.19. The molecule has 2 heterocycles. The molecule has 0 spiro atoms. The monoisotopic (exact) mass is 266 g/mol. The van der Waals surface area contributed by atoms with Gasteiger partial charge in [0.25, 0.3) is 0 Å². The fourth-order valence-corrected chi connectivity index (χ4v) is 2.87. The lowest BCUT2D eigenvalue weighted by Gasteiger charge is -2.12. The number of thiazole rings is 1. The molecule has 1 unspecified atom stereocenters. The molecule has 0 aliphatic heterocycles. The van der Waals surface area contributed by atoms with Crippen LogP contribution >= 0.6 is 11.3 Å². The molecule has 0 saturated carbocycles. The number of likely N-dealkylation sites (N-methyl/N-ethyl adjacent to an activating group) is 1. The number of carbonyl (C=O) groups excluding carboxylic acids is 1. The maximum atomic E-state index is 11.4. The van der Waals surface area contributed by atoms with E-state index >= 15 is 0 Å². The zero-order chi connectivity index (χ0) is 13.3. The molecule has 5 nitrogen and oxygen atoms in total. The summed E-state index contributed by atoms with van der Waals surface area (Å²) in [5.41, 5.74) is 3.32. The second-order valence-electron chi connectivity index (χ2n) is 4.36. The lowest BCUT2D eigenvalue weighted by Crippen LogP contribution is -2.40. The van der Waals surface area contributed by atoms with E-state index < -0.39 is 0 Å². The van der Waals surface area contributed by atoms with Crippen molar-refractivity contribution in [3.8, 4) is 0 Å². The molecular weight excluding hydrogens is 248 g/mol. The van der Waals surface area contributed by atoms with Crippen LogP contribution in [0.3, 0.4) is 0 Å². The minimum Gasteiger partial charge on any atom is -0.358 e. The topological polar surface area (TPSA) is 58.4 Å². The van der Waals surface area contributed by atoms with Gasteiger partial charge in [-0.15, -0.1) is 11.3 Å². The number of amides is 1. The van der Waals surface area contributed by atoms with E-state index in [0.717, 1.165) is 16.3 Å². The van der Waals surface area contributed by atoms with Gasteiger partial charge in [-0.25, -0.2) is 4.98 Å². The van der Waals surface area contributed by atoms with Crippen LogP contribution in [0.15, 0.2) is 5.38 Å². The summed E-state index contributed by atoms with van der Waals surface area (Å²) in [6, 6.07) is -0.209. The van der Waals surface area contributed by atoms with Gasteiger partial charge in [-0.1, -0.05) is 0 Å². The average molecular weight is 266 g/mol. The van der Waals surface area contributed by atoms with Crippen LogP contribution < -0.4 is 10.6 Å². The van der Waals surface area contributed by atoms with Crippen molar-refractivity contribution >= 4 is 22.2 Å². The van der Waals surface area contributed by atoms with Gasteiger partial charge >= 0.3 is 0 Å². The summed E-state index contributed by atoms with van der Waals surface area (Å²) in [5.74, 6) is -0.00421. The van der Waals surface area contributed by atoms with Crippen LogP contribution in [0.25, 0.3) is 4.96 Å². The number of nitrogens with one attached hydrogen (secondary N) is 2. The molecule has 2 N–H and O–H groups in total. The van der Waals surface area contributed by atoms with Gasteiger partial charge in [0, 0.05) is 24.7 Å². The lowest BCUT2D eigenvalue weighted by molar-refractivity contribution is -0.122. The Hall–Kier alpha value is -1.40. The third-order valence-electron chi connectivity index (χ3n) is 3.05. The molecule has 18 heavy (non-hydrogen) atoms. The first kappa shape index (κ1) is 13.0. The molecule has 0 aliphatic rings. The van der Waals surface area contributed by atoms with E-state index in [1.807, 2.05) is 13.8 Å². The summed E-state index contributed by atoms with van der Waals surface area (Å²) in [6.45, 7) is 6.56. The van der Waals surface area contributed by atoms with Crippen LogP contribution in [0.4, 0.5) is 0 Å². The molecule has 2 rings (SSSR count). The third kappa shape index (κ3) is 2.26. The maximum Gasteiger partial charge on any atom is 0.236 e. The number of hydrogen-bond acceptors (Lipinski definition) is 4. The molecule has 6 heteroatoms. The fraction of sp³-hybridized carbons (Fsp3) is 0.500. The van der Waals surface area contributed by atoms with Crippen molar-refractivity contribution < 1.29 is 4.79 Å². The molecule has 0 saturated heterocycles. The number of rotatable bonds is 4. The van der Waals surface area contributed by atoms with E-state index in [0.29, 0.717) is 6.54 Å². The molecule has 1 amide bonds. The predicted molar refractivity (Wildman–Crippen MR) is 72.9 cm³/mol. The van der Waals surface area contributed by atoms with Gasteiger partial charge in [-0.3, -0.25) is 9.20 Å². The normalized spacial score (nSPS) is 12.9. The molecule has 1 atom stereocenters. The molecule has 0 aromatic carbocycles. The van der Waals surface area contributed by atoms with Gasteiger partial charge in [0.1, 0.15) is 0 Å². The Morgan fingerprint density at radius 1 is 1.56 bits per heavy atom. The quantitative estimate of drug-likeness (QED) is 0.875. The predicted octanol–water partition coefficient (Wildman–Crippen LogP) is 1.24. The van der Waals surface area contributed by atoms with E-state index in [4.69, 9.17) is 0 Å². The largest absolute Gasteiger partial charge is 0.358 e. The number of hydrogen-bond donors (Lipinski definition) is 2. The summed E-state index contributed by atoms with van der Waals surface area (Å²) in [4.78, 5) is 17.0. The van der Waals surface area contributed by atoms with Crippen molar-refractivity contribution in [2.45, 2.75) is 33.4 Å². The number of aromatic nitrogens is 2. The fourth-order valence-electron chi connectivity index (χ4n) is 1.93. The Bertz CT molecular complexity index is 572. The van der Waals surface area contributed by atoms with Crippen molar-refractivity contribution in [2.24, 2.45) is 0 Å². The number of nitrogens with zero attached hydrogens (tertiary/aromatic N) is 2. The Labute approximate surface area is 110 Å². The first-order valence-corrected chi connectivity index (χ1v) is 6.79. The highest BCUT2D eigenvalue weighted by molar-refractivity contribution is 7.15. The highest BCUT2D eigenvalue weighted by Gasteiger charge is 2.15. The molecule has 0 fully saturated rings. The SMILES string of the molecule is CNC(=O)C(C)NCc1c(C)nc2scc(C)n12. The summed E-state index contributed by atoms with van der Waals surface area (Å²) in [7, 11) is 1.64. The lowest BCUT2D eigenvalue weighted by atomic mass is 10.2. The van der Waals surface area contributed by atoms with E-state index in [1.54, 1.807) is 18.4 Å². The Balaban J connectivity index is 2.18. The standard InChI is InChI=1S/C12H18N4OS/c1-7-6-18-12-15-8(2)10(16(7)12)5-14-9(3)11(17)13-4/h6,9,14H,5H2,1-4H3,(H,13,17). The van der Waals surface area contributed by atoms with E-state index in [2.05, 4.69) is 32.3 Å². The first-order chi connectivity index (χ1) is 8.54. The highest BCUT2D eigenvalue weighted by Crippen LogP contribution is 2.20. The van der Waals surface area contributed by atoms with Gasteiger partial charge in [0.2, 0.25) is 5.91 Å². The Morgan fingerprint density at radius 2 is 2.28 bits per heavy atom. The van der Waals surface area contributed by atoms with Gasteiger partial charge in [0.15, 0.2) is 4.96 Å². The summed E-state index contributed by atoms with van der Waals surface area (Å²) in [6.07, 6.45) is 0. The smallest absolute Gasteiger partial charge is 0.236 e. The van der Waals surface area contributed by atoms with Gasteiger partial charge in [-0.05, 0) is 20.8 Å². The number of carbonyl (C=O) groups is 1. The van der Waals surface area contributed by atoms with Crippen LogP contribution in [0, 0.1) is 13.8 Å². The van der Waals surface area contributed by atoms with Crippen molar-refractivity contribution in [1.29, 1.82) is 0 Å². The summed E-state index contributed by atoms with van der Waals surface area (Å²) in [5, 5.41) is 7.94. The van der Waals surface area contributed by atoms with Crippen LogP contribution in [-0.4, -0.2) is 28.4 Å². The van der Waals surface area contributed by atoms with Gasteiger partial charge in [-0.2, -0.15) is 0 Å². The molecule has 0 bridgehead atoms. The molecule has 2 aromatic rings. The molecule has 98 valence electrons. The van der Waals surface area contributed by atoms with Crippen molar-refractivity contribution in [3.05, 3.63) is 22.5 Å². The van der Waals surface area contributed by atoms with Crippen molar-refractivity contribution in [2.75, 3.05) is 7.05 Å². The molecular formula is C12H18N4OS. The zero-order valence-electron chi connectivity index (χ0n) is 11.1. The Morgan fingerprint density at radius 3 is 2.94 bits per heavy atom. The van der Waals surface area contributed by atoms with Gasteiger partial charge in [0.05, 0.1) is 17.4 Å². The molecule has 0 radical (unpaired) electrons. The van der Waals surface area contributed by atoms with Crippen LogP contribution in [0.5, 0.6) is 0 Å². The minimum absolute atomic E-state index is 0.00421. The van der Waals surface area contributed by atoms with E-state index in [1.165, 1.54) is 5.69 Å². The van der Waals surface area contributed by atoms with Crippen LogP contribution in [0.1, 0.15) is 24.0 Å². The molecule has 0 aliphatic carbocycles. The number of fused-ring (bicyclic) bond motifs is 1. The van der Waals surface area contributed by atoms with E-state index in [-0.39, 0.29) is 11.9 Å². The third-order valence-corrected chi connectivity index (χ3v) is 3.99. The minimum atomic E-state index is -0.209. The second kappa shape index (κ2) is 5.07. The average Bonchev–Trinajstić information content (AvgIpc) is 2.85. The maximum absolute atomic E-state index is 11.4. The highest BCUT2D eigenvalue weighted by atomic mass is 32.1.